The number of methoxy groups -OCH3 is 1. The molecule has 3 rings (SSSR count). The molecule has 0 unspecified atom stereocenters. The monoisotopic (exact) mass is 459 g/mol. The SMILES string of the molecule is CCc1ccccc1NC(=O)C(=O)NN=Cc1ccc(OC(=O)c2cccc(C)c2)c(OC)c1. The number of aryl methyl sites for hydroxylation is 2. The van der Waals surface area contributed by atoms with Crippen molar-refractivity contribution in [2.24, 2.45) is 5.10 Å². The standard InChI is InChI=1S/C26H25N3O5/c1-4-19-9-5-6-11-21(19)28-24(30)25(31)29-27-16-18-12-13-22(23(15-18)33-3)34-26(32)20-10-7-8-17(2)14-20/h5-16H,4H2,1-3H3,(H,28,30)(H,29,31). The maximum absolute atomic E-state index is 12.4. The second-order valence-electron chi connectivity index (χ2n) is 7.33. The fraction of sp³-hybridized carbons (Fsp3) is 0.154. The van der Waals surface area contributed by atoms with Crippen LogP contribution in [0.3, 0.4) is 0 Å². The van der Waals surface area contributed by atoms with E-state index in [2.05, 4.69) is 15.8 Å². The number of ether oxygens (including phenoxy) is 2. The summed E-state index contributed by atoms with van der Waals surface area (Å²) in [5, 5.41) is 6.40. The summed E-state index contributed by atoms with van der Waals surface area (Å²) < 4.78 is 10.8. The number of carbonyl (C=O) groups is 3. The van der Waals surface area contributed by atoms with Gasteiger partial charge in [-0.15, -0.1) is 0 Å². The molecule has 0 spiro atoms. The van der Waals surface area contributed by atoms with E-state index in [4.69, 9.17) is 9.47 Å². The first-order valence-electron chi connectivity index (χ1n) is 10.6. The maximum atomic E-state index is 12.4. The quantitative estimate of drug-likeness (QED) is 0.183. The molecular weight excluding hydrogens is 434 g/mol. The van der Waals surface area contributed by atoms with Gasteiger partial charge in [-0.2, -0.15) is 5.10 Å². The molecule has 34 heavy (non-hydrogen) atoms. The Labute approximate surface area is 197 Å². The van der Waals surface area contributed by atoms with Crippen LogP contribution >= 0.6 is 0 Å². The van der Waals surface area contributed by atoms with Crippen LogP contribution in [0.2, 0.25) is 0 Å². The van der Waals surface area contributed by atoms with E-state index < -0.39 is 17.8 Å². The molecule has 8 nitrogen and oxygen atoms in total. The van der Waals surface area contributed by atoms with E-state index in [9.17, 15) is 14.4 Å². The summed E-state index contributed by atoms with van der Waals surface area (Å²) in [6.45, 7) is 3.84. The number of hydrazone groups is 1. The smallest absolute Gasteiger partial charge is 0.343 e. The van der Waals surface area contributed by atoms with E-state index >= 15 is 0 Å². The third kappa shape index (κ3) is 6.29. The highest BCUT2D eigenvalue weighted by atomic mass is 16.6. The molecule has 3 aromatic rings. The summed E-state index contributed by atoms with van der Waals surface area (Å²) in [5.74, 6) is -1.69. The van der Waals surface area contributed by atoms with Crippen molar-refractivity contribution < 1.29 is 23.9 Å². The fourth-order valence-electron chi connectivity index (χ4n) is 3.13. The van der Waals surface area contributed by atoms with E-state index in [0.717, 1.165) is 11.1 Å². The van der Waals surface area contributed by atoms with Gasteiger partial charge in [0.15, 0.2) is 11.5 Å². The molecule has 0 saturated heterocycles. The van der Waals surface area contributed by atoms with Gasteiger partial charge in [0.25, 0.3) is 0 Å². The van der Waals surface area contributed by atoms with Gasteiger partial charge < -0.3 is 14.8 Å². The molecule has 0 bridgehead atoms. The molecule has 0 heterocycles. The Hall–Kier alpha value is -4.46. The van der Waals surface area contributed by atoms with Crippen LogP contribution in [0.25, 0.3) is 0 Å². The summed E-state index contributed by atoms with van der Waals surface area (Å²) in [6.07, 6.45) is 2.06. The zero-order valence-electron chi connectivity index (χ0n) is 19.1. The number of anilines is 1. The summed E-state index contributed by atoms with van der Waals surface area (Å²) in [4.78, 5) is 36.6. The maximum Gasteiger partial charge on any atom is 0.343 e. The van der Waals surface area contributed by atoms with Crippen molar-refractivity contribution in [2.75, 3.05) is 12.4 Å². The number of benzene rings is 3. The molecule has 0 atom stereocenters. The van der Waals surface area contributed by atoms with Gasteiger partial charge in [-0.3, -0.25) is 9.59 Å². The van der Waals surface area contributed by atoms with Crippen molar-refractivity contribution in [1.29, 1.82) is 0 Å². The van der Waals surface area contributed by atoms with Crippen LogP contribution in [-0.2, 0) is 16.0 Å². The second kappa shape index (κ2) is 11.4. The normalized spacial score (nSPS) is 10.6. The zero-order valence-corrected chi connectivity index (χ0v) is 19.1. The molecule has 0 aliphatic carbocycles. The van der Waals surface area contributed by atoms with Gasteiger partial charge in [0.05, 0.1) is 18.9 Å². The molecule has 0 radical (unpaired) electrons. The number of amides is 2. The van der Waals surface area contributed by atoms with E-state index in [1.54, 1.807) is 48.5 Å². The minimum atomic E-state index is -0.905. The summed E-state index contributed by atoms with van der Waals surface area (Å²) in [7, 11) is 1.44. The average molecular weight is 460 g/mol. The molecule has 2 amide bonds. The van der Waals surface area contributed by atoms with Crippen LogP contribution in [0.4, 0.5) is 5.69 Å². The number of hydrogen-bond donors (Lipinski definition) is 2. The highest BCUT2D eigenvalue weighted by molar-refractivity contribution is 6.39. The van der Waals surface area contributed by atoms with Crippen molar-refractivity contribution >= 4 is 29.7 Å². The molecule has 0 fully saturated rings. The van der Waals surface area contributed by atoms with Crippen molar-refractivity contribution in [3.63, 3.8) is 0 Å². The fourth-order valence-corrected chi connectivity index (χ4v) is 3.13. The first-order valence-corrected chi connectivity index (χ1v) is 10.6. The largest absolute Gasteiger partial charge is 0.493 e. The average Bonchev–Trinajstić information content (AvgIpc) is 2.85. The minimum Gasteiger partial charge on any atom is -0.493 e. The van der Waals surface area contributed by atoms with Gasteiger partial charge in [0.2, 0.25) is 0 Å². The van der Waals surface area contributed by atoms with Gasteiger partial charge in [0, 0.05) is 5.69 Å². The molecule has 0 aliphatic heterocycles. The van der Waals surface area contributed by atoms with Crippen LogP contribution in [0.5, 0.6) is 11.5 Å². The molecular formula is C26H25N3O5. The Morgan fingerprint density at radius 3 is 2.47 bits per heavy atom. The van der Waals surface area contributed by atoms with Crippen LogP contribution in [0.1, 0.15) is 34.0 Å². The van der Waals surface area contributed by atoms with E-state index in [-0.39, 0.29) is 5.75 Å². The third-order valence-corrected chi connectivity index (χ3v) is 4.88. The Kier molecular flexibility index (Phi) is 8.12. The number of rotatable bonds is 7. The van der Waals surface area contributed by atoms with E-state index in [1.807, 2.05) is 32.0 Å². The zero-order chi connectivity index (χ0) is 24.5. The van der Waals surface area contributed by atoms with Gasteiger partial charge in [-0.1, -0.05) is 42.8 Å². The Morgan fingerprint density at radius 1 is 0.941 bits per heavy atom. The summed E-state index contributed by atoms with van der Waals surface area (Å²) in [6, 6.07) is 19.1. The van der Waals surface area contributed by atoms with Crippen LogP contribution in [0, 0.1) is 6.92 Å². The molecule has 0 saturated carbocycles. The van der Waals surface area contributed by atoms with Gasteiger partial charge in [-0.25, -0.2) is 10.2 Å². The lowest BCUT2D eigenvalue weighted by Crippen LogP contribution is -2.32. The molecule has 0 aromatic heterocycles. The molecule has 174 valence electrons. The molecule has 3 aromatic carbocycles. The van der Waals surface area contributed by atoms with Crippen molar-refractivity contribution in [3.8, 4) is 11.5 Å². The predicted octanol–water partition coefficient (Wildman–Crippen LogP) is 3.87. The number of nitrogens with one attached hydrogen (secondary N) is 2. The number of hydrogen-bond acceptors (Lipinski definition) is 6. The highest BCUT2D eigenvalue weighted by Gasteiger charge is 2.15. The topological polar surface area (TPSA) is 106 Å². The van der Waals surface area contributed by atoms with Crippen LogP contribution in [-0.4, -0.2) is 31.1 Å². The molecule has 8 heteroatoms. The van der Waals surface area contributed by atoms with Gasteiger partial charge >= 0.3 is 17.8 Å². The first kappa shape index (κ1) is 24.2. The lowest BCUT2D eigenvalue weighted by molar-refractivity contribution is -0.136. The van der Waals surface area contributed by atoms with Crippen molar-refractivity contribution in [2.45, 2.75) is 20.3 Å². The molecule has 0 aliphatic rings. The highest BCUT2D eigenvalue weighted by Crippen LogP contribution is 2.28. The third-order valence-electron chi connectivity index (χ3n) is 4.88. The van der Waals surface area contributed by atoms with Crippen LogP contribution in [0.15, 0.2) is 71.8 Å². The van der Waals surface area contributed by atoms with Crippen molar-refractivity contribution in [1.82, 2.24) is 5.43 Å². The second-order valence-corrected chi connectivity index (χ2v) is 7.33. The first-order chi connectivity index (χ1) is 16.4. The number of nitrogens with zero attached hydrogens (tertiary/aromatic N) is 1. The van der Waals surface area contributed by atoms with E-state index in [1.165, 1.54) is 13.3 Å². The number of esters is 1. The summed E-state index contributed by atoms with van der Waals surface area (Å²) in [5.41, 5.74) is 5.62. The Bertz CT molecular complexity index is 1240. The van der Waals surface area contributed by atoms with Crippen molar-refractivity contribution in [3.05, 3.63) is 89.0 Å². The molecule has 2 N–H and O–H groups in total. The minimum absolute atomic E-state index is 0.240. The lowest BCUT2D eigenvalue weighted by Gasteiger charge is -2.10. The lowest BCUT2D eigenvalue weighted by atomic mass is 10.1. The predicted molar refractivity (Wildman–Crippen MR) is 129 cm³/mol. The van der Waals surface area contributed by atoms with Gasteiger partial charge in [-0.05, 0) is 60.9 Å². The van der Waals surface area contributed by atoms with Gasteiger partial charge in [0.1, 0.15) is 0 Å². The number of carbonyl (C=O) groups excluding carboxylic acids is 3. The summed E-state index contributed by atoms with van der Waals surface area (Å²) >= 11 is 0. The Balaban J connectivity index is 1.62. The number of para-hydroxylation sites is 1. The van der Waals surface area contributed by atoms with E-state index in [0.29, 0.717) is 29.0 Å². The van der Waals surface area contributed by atoms with Crippen LogP contribution < -0.4 is 20.2 Å². The Morgan fingerprint density at radius 2 is 1.74 bits per heavy atom.